The molecule has 0 bridgehead atoms. The highest BCUT2D eigenvalue weighted by molar-refractivity contribution is 9.10. The molecule has 1 atom stereocenters. The Hall–Kier alpha value is -0.780. The first-order valence-electron chi connectivity index (χ1n) is 5.75. The van der Waals surface area contributed by atoms with Gasteiger partial charge >= 0.3 is 0 Å². The maximum atomic E-state index is 9.15. The lowest BCUT2D eigenvalue weighted by Crippen LogP contribution is -2.31. The second kappa shape index (κ2) is 6.97. The van der Waals surface area contributed by atoms with Gasteiger partial charge in [-0.1, -0.05) is 0 Å². The van der Waals surface area contributed by atoms with Crippen LogP contribution in [0.1, 0.15) is 12.5 Å². The zero-order valence-electron chi connectivity index (χ0n) is 11.2. The smallest absolute Gasteiger partial charge is 0.133 e. The van der Waals surface area contributed by atoms with Gasteiger partial charge in [0.25, 0.3) is 0 Å². The van der Waals surface area contributed by atoms with Crippen LogP contribution in [0.25, 0.3) is 0 Å². The summed E-state index contributed by atoms with van der Waals surface area (Å²) < 4.78 is 11.5. The van der Waals surface area contributed by atoms with Crippen LogP contribution in [0.4, 0.5) is 0 Å². The molecule has 0 heterocycles. The Morgan fingerprint density at radius 3 is 2.39 bits per heavy atom. The van der Waals surface area contributed by atoms with Gasteiger partial charge in [-0.3, -0.25) is 4.90 Å². The van der Waals surface area contributed by atoms with Crippen LogP contribution in [0.3, 0.4) is 0 Å². The van der Waals surface area contributed by atoms with Gasteiger partial charge < -0.3 is 14.6 Å². The predicted molar refractivity (Wildman–Crippen MR) is 75.3 cm³/mol. The maximum Gasteiger partial charge on any atom is 0.133 e. The number of benzene rings is 1. The molecule has 0 radical (unpaired) electrons. The Morgan fingerprint density at radius 1 is 1.28 bits per heavy atom. The highest BCUT2D eigenvalue weighted by atomic mass is 79.9. The van der Waals surface area contributed by atoms with E-state index in [-0.39, 0.29) is 12.6 Å². The van der Waals surface area contributed by atoms with Crippen molar-refractivity contribution in [3.05, 3.63) is 22.2 Å². The van der Waals surface area contributed by atoms with Gasteiger partial charge in [0, 0.05) is 18.2 Å². The summed E-state index contributed by atoms with van der Waals surface area (Å²) >= 11 is 3.43. The number of ether oxygens (including phenoxy) is 2. The Bertz CT molecular complexity index is 398. The van der Waals surface area contributed by atoms with Crippen molar-refractivity contribution in [2.24, 2.45) is 0 Å². The van der Waals surface area contributed by atoms with Gasteiger partial charge in [-0.25, -0.2) is 0 Å². The third-order valence-corrected chi connectivity index (χ3v) is 3.61. The van der Waals surface area contributed by atoms with Gasteiger partial charge in [0.05, 0.1) is 25.3 Å². The Labute approximate surface area is 117 Å². The van der Waals surface area contributed by atoms with Crippen molar-refractivity contribution in [1.82, 2.24) is 4.90 Å². The highest BCUT2D eigenvalue weighted by Gasteiger charge is 2.14. The zero-order chi connectivity index (χ0) is 13.7. The number of aliphatic hydroxyl groups is 1. The van der Waals surface area contributed by atoms with Gasteiger partial charge in [-0.2, -0.15) is 0 Å². The van der Waals surface area contributed by atoms with E-state index >= 15 is 0 Å². The van der Waals surface area contributed by atoms with Crippen molar-refractivity contribution < 1.29 is 14.6 Å². The van der Waals surface area contributed by atoms with E-state index in [1.807, 2.05) is 26.1 Å². The van der Waals surface area contributed by atoms with Gasteiger partial charge in [0.2, 0.25) is 0 Å². The Morgan fingerprint density at radius 2 is 1.89 bits per heavy atom. The first kappa shape index (κ1) is 15.3. The summed E-state index contributed by atoms with van der Waals surface area (Å²) in [6.07, 6.45) is 0. The third kappa shape index (κ3) is 3.60. The van der Waals surface area contributed by atoms with Crippen molar-refractivity contribution in [2.75, 3.05) is 27.9 Å². The average molecular weight is 318 g/mol. The van der Waals surface area contributed by atoms with E-state index in [1.54, 1.807) is 14.2 Å². The molecule has 18 heavy (non-hydrogen) atoms. The minimum atomic E-state index is 0.101. The highest BCUT2D eigenvalue weighted by Crippen LogP contribution is 2.33. The molecule has 0 aromatic heterocycles. The fourth-order valence-corrected chi connectivity index (χ4v) is 2.10. The van der Waals surface area contributed by atoms with Crippen LogP contribution in [-0.4, -0.2) is 43.9 Å². The summed E-state index contributed by atoms with van der Waals surface area (Å²) in [5.41, 5.74) is 1.03. The minimum Gasteiger partial charge on any atom is -0.496 e. The van der Waals surface area contributed by atoms with Gasteiger partial charge in [0.15, 0.2) is 0 Å². The Kier molecular flexibility index (Phi) is 5.91. The first-order valence-corrected chi connectivity index (χ1v) is 6.54. The van der Waals surface area contributed by atoms with E-state index in [2.05, 4.69) is 20.8 Å². The van der Waals surface area contributed by atoms with E-state index in [0.717, 1.165) is 21.5 Å². The number of rotatable bonds is 6. The van der Waals surface area contributed by atoms with Crippen molar-refractivity contribution in [3.8, 4) is 11.5 Å². The van der Waals surface area contributed by atoms with Crippen LogP contribution >= 0.6 is 15.9 Å². The second-order valence-corrected chi connectivity index (χ2v) is 5.10. The van der Waals surface area contributed by atoms with E-state index in [4.69, 9.17) is 14.6 Å². The number of nitrogens with zero attached hydrogens (tertiary/aromatic N) is 1. The number of hydrogen-bond acceptors (Lipinski definition) is 4. The van der Waals surface area contributed by atoms with Crippen LogP contribution < -0.4 is 9.47 Å². The molecule has 4 nitrogen and oxygen atoms in total. The van der Waals surface area contributed by atoms with Crippen molar-refractivity contribution in [2.45, 2.75) is 19.5 Å². The lowest BCUT2D eigenvalue weighted by molar-refractivity contribution is 0.153. The van der Waals surface area contributed by atoms with Gasteiger partial charge in [-0.05, 0) is 42.0 Å². The van der Waals surface area contributed by atoms with E-state index in [1.165, 1.54) is 0 Å². The lowest BCUT2D eigenvalue weighted by Gasteiger charge is -2.24. The topological polar surface area (TPSA) is 41.9 Å². The molecular formula is C13H20BrNO3. The third-order valence-electron chi connectivity index (χ3n) is 2.99. The van der Waals surface area contributed by atoms with Gasteiger partial charge in [-0.15, -0.1) is 0 Å². The summed E-state index contributed by atoms with van der Waals surface area (Å²) in [6, 6.07) is 3.94. The van der Waals surface area contributed by atoms with Crippen LogP contribution in [0, 0.1) is 0 Å². The molecule has 5 heteroatoms. The lowest BCUT2D eigenvalue weighted by atomic mass is 10.1. The summed E-state index contributed by atoms with van der Waals surface area (Å²) in [5.74, 6) is 1.58. The SMILES string of the molecule is COc1cc(CN(C)C(C)CO)c(OC)cc1Br. The molecule has 0 saturated heterocycles. The minimum absolute atomic E-state index is 0.101. The molecule has 1 aromatic carbocycles. The van der Waals surface area contributed by atoms with E-state index in [0.29, 0.717) is 6.54 Å². The maximum absolute atomic E-state index is 9.15. The van der Waals surface area contributed by atoms with E-state index in [9.17, 15) is 0 Å². The summed E-state index contributed by atoms with van der Waals surface area (Å²) in [4.78, 5) is 2.06. The summed E-state index contributed by atoms with van der Waals surface area (Å²) in [7, 11) is 5.25. The molecule has 0 fully saturated rings. The average Bonchev–Trinajstić information content (AvgIpc) is 2.38. The number of aliphatic hydroxyl groups excluding tert-OH is 1. The van der Waals surface area contributed by atoms with Crippen molar-refractivity contribution in [1.29, 1.82) is 0 Å². The quantitative estimate of drug-likeness (QED) is 0.874. The number of hydrogen-bond donors (Lipinski definition) is 1. The van der Waals surface area contributed by atoms with Crippen LogP contribution in [0.2, 0.25) is 0 Å². The molecule has 0 aliphatic heterocycles. The molecule has 0 aliphatic rings. The summed E-state index contributed by atoms with van der Waals surface area (Å²) in [5, 5.41) is 9.15. The molecule has 1 aromatic rings. The Balaban J connectivity index is 2.99. The molecule has 1 N–H and O–H groups in total. The zero-order valence-corrected chi connectivity index (χ0v) is 12.8. The molecule has 0 saturated carbocycles. The molecule has 1 unspecified atom stereocenters. The van der Waals surface area contributed by atoms with Crippen LogP contribution in [-0.2, 0) is 6.54 Å². The first-order chi connectivity index (χ1) is 8.53. The number of methoxy groups -OCH3 is 2. The van der Waals surface area contributed by atoms with Crippen LogP contribution in [0.5, 0.6) is 11.5 Å². The van der Waals surface area contributed by atoms with Crippen molar-refractivity contribution >= 4 is 15.9 Å². The fraction of sp³-hybridized carbons (Fsp3) is 0.538. The van der Waals surface area contributed by atoms with Crippen LogP contribution in [0.15, 0.2) is 16.6 Å². The molecule has 102 valence electrons. The molecule has 1 rings (SSSR count). The standard InChI is InChI=1S/C13H20BrNO3/c1-9(8-16)15(2)7-10-5-13(18-4)11(14)6-12(10)17-3/h5-6,9,16H,7-8H2,1-4H3. The fourth-order valence-electron chi connectivity index (χ4n) is 1.61. The second-order valence-electron chi connectivity index (χ2n) is 4.25. The monoisotopic (exact) mass is 317 g/mol. The van der Waals surface area contributed by atoms with Gasteiger partial charge in [0.1, 0.15) is 11.5 Å². The number of halogens is 1. The molecular weight excluding hydrogens is 298 g/mol. The molecule has 0 aliphatic carbocycles. The molecule has 0 spiro atoms. The van der Waals surface area contributed by atoms with Crippen molar-refractivity contribution in [3.63, 3.8) is 0 Å². The number of likely N-dealkylation sites (N-methyl/N-ethyl adjacent to an activating group) is 1. The summed E-state index contributed by atoms with van der Waals surface area (Å²) in [6.45, 7) is 2.80. The van der Waals surface area contributed by atoms with E-state index < -0.39 is 0 Å². The predicted octanol–water partition coefficient (Wildman–Crippen LogP) is 2.28. The molecule has 0 amide bonds. The normalized spacial score (nSPS) is 12.6. The largest absolute Gasteiger partial charge is 0.496 e.